The van der Waals surface area contributed by atoms with Gasteiger partial charge in [-0.3, -0.25) is 0 Å². The lowest BCUT2D eigenvalue weighted by Gasteiger charge is -2.22. The van der Waals surface area contributed by atoms with Crippen LogP contribution in [0.5, 0.6) is 0 Å². The van der Waals surface area contributed by atoms with Crippen molar-refractivity contribution in [1.29, 1.82) is 0 Å². The number of ether oxygens (including phenoxy) is 1. The average Bonchev–Trinajstić information content (AvgIpc) is 2.22. The zero-order valence-corrected chi connectivity index (χ0v) is 11.0. The summed E-state index contributed by atoms with van der Waals surface area (Å²) in [7, 11) is 1.99. The van der Waals surface area contributed by atoms with Gasteiger partial charge in [-0.25, -0.2) is 0 Å². The number of hydrogen-bond donors (Lipinski definition) is 1. The largest absolute Gasteiger partial charge is 0.377 e. The van der Waals surface area contributed by atoms with E-state index in [9.17, 15) is 0 Å². The molecule has 90 valence electrons. The summed E-state index contributed by atoms with van der Waals surface area (Å²) < 4.78 is 5.70. The van der Waals surface area contributed by atoms with E-state index in [4.69, 9.17) is 4.74 Å². The van der Waals surface area contributed by atoms with Gasteiger partial charge in [0.1, 0.15) is 0 Å². The molecule has 0 aliphatic rings. The van der Waals surface area contributed by atoms with Crippen molar-refractivity contribution < 1.29 is 4.74 Å². The summed E-state index contributed by atoms with van der Waals surface area (Å²) >= 11 is 0. The number of nitrogens with one attached hydrogen (secondary N) is 1. The van der Waals surface area contributed by atoms with E-state index in [1.165, 1.54) is 16.7 Å². The normalized spacial score (nSPS) is 13.1. The van der Waals surface area contributed by atoms with E-state index in [1.807, 2.05) is 7.05 Å². The molecule has 0 aliphatic heterocycles. The lowest BCUT2D eigenvalue weighted by Crippen LogP contribution is -2.25. The first-order chi connectivity index (χ1) is 7.56. The second-order valence-corrected chi connectivity index (χ2v) is 4.53. The van der Waals surface area contributed by atoms with Crippen LogP contribution in [0.1, 0.15) is 36.6 Å². The van der Waals surface area contributed by atoms with Crippen LogP contribution in [0, 0.1) is 13.8 Å². The highest BCUT2D eigenvalue weighted by atomic mass is 16.5. The molecule has 2 heteroatoms. The Labute approximate surface area is 99.0 Å². The van der Waals surface area contributed by atoms with Gasteiger partial charge >= 0.3 is 0 Å². The highest BCUT2D eigenvalue weighted by molar-refractivity contribution is 5.36. The molecular formula is C14H23NO. The molecule has 0 heterocycles. The van der Waals surface area contributed by atoms with Crippen molar-refractivity contribution in [3.8, 4) is 0 Å². The first-order valence-corrected chi connectivity index (χ1v) is 5.91. The summed E-state index contributed by atoms with van der Waals surface area (Å²) in [5, 5.41) is 3.33. The molecule has 1 aromatic carbocycles. The number of rotatable bonds is 5. The minimum absolute atomic E-state index is 0.278. The van der Waals surface area contributed by atoms with Crippen LogP contribution < -0.4 is 5.32 Å². The Bertz CT molecular complexity index is 313. The Hall–Kier alpha value is -0.860. The van der Waals surface area contributed by atoms with E-state index >= 15 is 0 Å². The van der Waals surface area contributed by atoms with Crippen LogP contribution in [-0.2, 0) is 4.74 Å². The Balaban J connectivity index is 2.86. The molecule has 2 nitrogen and oxygen atoms in total. The van der Waals surface area contributed by atoms with Gasteiger partial charge in [-0.15, -0.1) is 0 Å². The predicted molar refractivity (Wildman–Crippen MR) is 68.8 cm³/mol. The Morgan fingerprint density at radius 3 is 2.19 bits per heavy atom. The van der Waals surface area contributed by atoms with Gasteiger partial charge in [0.05, 0.1) is 18.8 Å². The monoisotopic (exact) mass is 221 g/mol. The maximum absolute atomic E-state index is 5.70. The summed E-state index contributed by atoms with van der Waals surface area (Å²) in [6.07, 6.45) is 0.278. The van der Waals surface area contributed by atoms with Crippen molar-refractivity contribution in [2.45, 2.75) is 39.8 Å². The van der Waals surface area contributed by atoms with Crippen molar-refractivity contribution in [3.05, 3.63) is 34.9 Å². The first kappa shape index (κ1) is 13.2. The third kappa shape index (κ3) is 3.32. The van der Waals surface area contributed by atoms with Gasteiger partial charge in [-0.05, 0) is 51.4 Å². The number of hydrogen-bond acceptors (Lipinski definition) is 2. The molecule has 1 aromatic rings. The van der Waals surface area contributed by atoms with Crippen molar-refractivity contribution in [1.82, 2.24) is 5.32 Å². The first-order valence-electron chi connectivity index (χ1n) is 5.91. The number of likely N-dealkylation sites (N-methyl/N-ethyl adjacent to an activating group) is 1. The molecule has 0 bridgehead atoms. The molecule has 16 heavy (non-hydrogen) atoms. The van der Waals surface area contributed by atoms with Crippen LogP contribution in [0.25, 0.3) is 0 Å². The maximum atomic E-state index is 5.70. The quantitative estimate of drug-likeness (QED) is 0.825. The van der Waals surface area contributed by atoms with Crippen molar-refractivity contribution in [2.75, 3.05) is 13.7 Å². The standard InChI is InChI=1S/C14H23NO/c1-10(2)16-9-13(15-5)14-11(3)7-6-8-12(14)4/h6-8,10,13,15H,9H2,1-5H3. The molecule has 1 rings (SSSR count). The van der Waals surface area contributed by atoms with E-state index in [-0.39, 0.29) is 12.1 Å². The lowest BCUT2D eigenvalue weighted by atomic mass is 9.96. The molecule has 1 unspecified atom stereocenters. The fourth-order valence-corrected chi connectivity index (χ4v) is 1.98. The summed E-state index contributed by atoms with van der Waals surface area (Å²) in [6.45, 7) is 9.17. The SMILES string of the molecule is CNC(COC(C)C)c1c(C)cccc1C. The second kappa shape index (κ2) is 6.02. The van der Waals surface area contributed by atoms with Gasteiger partial charge in [-0.1, -0.05) is 18.2 Å². The van der Waals surface area contributed by atoms with Gasteiger partial charge < -0.3 is 10.1 Å². The zero-order valence-electron chi connectivity index (χ0n) is 11.0. The van der Waals surface area contributed by atoms with Gasteiger partial charge in [0.15, 0.2) is 0 Å². The van der Waals surface area contributed by atoms with E-state index in [2.05, 4.69) is 51.2 Å². The minimum atomic E-state index is 0.278. The Morgan fingerprint density at radius 1 is 1.19 bits per heavy atom. The highest BCUT2D eigenvalue weighted by Gasteiger charge is 2.14. The van der Waals surface area contributed by atoms with Crippen LogP contribution in [0.15, 0.2) is 18.2 Å². The molecule has 0 saturated carbocycles. The fraction of sp³-hybridized carbons (Fsp3) is 0.571. The van der Waals surface area contributed by atoms with E-state index in [0.29, 0.717) is 0 Å². The van der Waals surface area contributed by atoms with Gasteiger partial charge in [-0.2, -0.15) is 0 Å². The van der Waals surface area contributed by atoms with Gasteiger partial charge in [0.25, 0.3) is 0 Å². The maximum Gasteiger partial charge on any atom is 0.0665 e. The lowest BCUT2D eigenvalue weighted by molar-refractivity contribution is 0.0624. The third-order valence-electron chi connectivity index (χ3n) is 2.84. The third-order valence-corrected chi connectivity index (χ3v) is 2.84. The zero-order chi connectivity index (χ0) is 12.1. The summed E-state index contributed by atoms with van der Waals surface area (Å²) in [6, 6.07) is 6.69. The van der Waals surface area contributed by atoms with Crippen LogP contribution in [0.4, 0.5) is 0 Å². The summed E-state index contributed by atoms with van der Waals surface area (Å²) in [5.41, 5.74) is 4.02. The second-order valence-electron chi connectivity index (χ2n) is 4.53. The van der Waals surface area contributed by atoms with Gasteiger partial charge in [0.2, 0.25) is 0 Å². The smallest absolute Gasteiger partial charge is 0.0665 e. The van der Waals surface area contributed by atoms with E-state index < -0.39 is 0 Å². The average molecular weight is 221 g/mol. The molecule has 0 radical (unpaired) electrons. The Kier molecular flexibility index (Phi) is 4.97. The molecule has 0 aliphatic carbocycles. The predicted octanol–water partition coefficient (Wildman–Crippen LogP) is 2.99. The molecule has 0 spiro atoms. The topological polar surface area (TPSA) is 21.3 Å². The molecular weight excluding hydrogens is 198 g/mol. The van der Waals surface area contributed by atoms with Crippen LogP contribution in [0.2, 0.25) is 0 Å². The molecule has 0 saturated heterocycles. The molecule has 1 N–H and O–H groups in total. The highest BCUT2D eigenvalue weighted by Crippen LogP contribution is 2.22. The Morgan fingerprint density at radius 2 is 1.75 bits per heavy atom. The van der Waals surface area contributed by atoms with Crippen molar-refractivity contribution in [3.63, 3.8) is 0 Å². The van der Waals surface area contributed by atoms with Gasteiger partial charge in [0, 0.05) is 0 Å². The van der Waals surface area contributed by atoms with E-state index in [1.54, 1.807) is 0 Å². The van der Waals surface area contributed by atoms with Crippen LogP contribution in [-0.4, -0.2) is 19.8 Å². The molecule has 1 atom stereocenters. The van der Waals surface area contributed by atoms with Crippen molar-refractivity contribution in [2.24, 2.45) is 0 Å². The molecule has 0 aromatic heterocycles. The fourth-order valence-electron chi connectivity index (χ4n) is 1.98. The van der Waals surface area contributed by atoms with Crippen molar-refractivity contribution >= 4 is 0 Å². The number of benzene rings is 1. The summed E-state index contributed by atoms with van der Waals surface area (Å²) in [5.74, 6) is 0. The summed E-state index contributed by atoms with van der Waals surface area (Å²) in [4.78, 5) is 0. The number of aryl methyl sites for hydroxylation is 2. The molecule has 0 fully saturated rings. The minimum Gasteiger partial charge on any atom is -0.377 e. The molecule has 0 amide bonds. The van der Waals surface area contributed by atoms with Crippen LogP contribution >= 0.6 is 0 Å². The van der Waals surface area contributed by atoms with Crippen LogP contribution in [0.3, 0.4) is 0 Å². The van der Waals surface area contributed by atoms with E-state index in [0.717, 1.165) is 6.61 Å².